The van der Waals surface area contributed by atoms with Crippen LogP contribution >= 0.6 is 0 Å². The molecule has 1 aromatic heterocycles. The summed E-state index contributed by atoms with van der Waals surface area (Å²) in [4.78, 5) is 4.56. The highest BCUT2D eigenvalue weighted by Crippen LogP contribution is 2.39. The van der Waals surface area contributed by atoms with Crippen molar-refractivity contribution in [3.05, 3.63) is 65.5 Å². The van der Waals surface area contributed by atoms with Gasteiger partial charge in [0, 0.05) is 18.3 Å². The molecule has 0 radical (unpaired) electrons. The zero-order chi connectivity index (χ0) is 14.2. The minimum atomic E-state index is 0.273. The van der Waals surface area contributed by atoms with Crippen LogP contribution in [0.2, 0.25) is 0 Å². The smallest absolute Gasteiger partial charge is 0.257 e. The first kappa shape index (κ1) is 12.1. The maximum atomic E-state index is 5.41. The Kier molecular flexibility index (Phi) is 2.74. The lowest BCUT2D eigenvalue weighted by Crippen LogP contribution is -2.19. The van der Waals surface area contributed by atoms with Crippen LogP contribution in [0.4, 0.5) is 5.69 Å². The molecule has 3 aromatic rings. The summed E-state index contributed by atoms with van der Waals surface area (Å²) >= 11 is 0. The average molecular weight is 277 g/mol. The van der Waals surface area contributed by atoms with E-state index < -0.39 is 0 Å². The fraction of sp³-hybridized carbons (Fsp3) is 0.176. The summed E-state index contributed by atoms with van der Waals surface area (Å²) in [5.74, 6) is 1.63. The van der Waals surface area contributed by atoms with Crippen molar-refractivity contribution in [1.82, 2.24) is 10.1 Å². The second kappa shape index (κ2) is 4.74. The molecule has 1 aliphatic carbocycles. The lowest BCUT2D eigenvalue weighted by Gasteiger charge is -2.27. The first-order chi connectivity index (χ1) is 10.3. The molecule has 104 valence electrons. The fourth-order valence-electron chi connectivity index (χ4n) is 2.76. The number of rotatable bonds is 3. The van der Waals surface area contributed by atoms with E-state index in [4.69, 9.17) is 4.52 Å². The fourth-order valence-corrected chi connectivity index (χ4v) is 2.76. The Balaban J connectivity index is 1.62. The van der Waals surface area contributed by atoms with Gasteiger partial charge in [0.15, 0.2) is 5.82 Å². The Hall–Kier alpha value is -2.62. The van der Waals surface area contributed by atoms with Gasteiger partial charge >= 0.3 is 0 Å². The third-order valence-corrected chi connectivity index (χ3v) is 4.03. The standard InChI is InChI=1S/C17H15N3O/c1-18-13-8-6-11(7-9-13)17-19-16(20-21-17)15-10-12-4-2-3-5-14(12)15/h2-9,15,18H,10H2,1H3. The second-order valence-electron chi connectivity index (χ2n) is 5.24. The molecule has 2 aromatic carbocycles. The Bertz CT molecular complexity index is 777. The van der Waals surface area contributed by atoms with E-state index in [1.807, 2.05) is 31.3 Å². The van der Waals surface area contributed by atoms with E-state index >= 15 is 0 Å². The van der Waals surface area contributed by atoms with E-state index in [9.17, 15) is 0 Å². The largest absolute Gasteiger partial charge is 0.388 e. The van der Waals surface area contributed by atoms with Crippen molar-refractivity contribution >= 4 is 5.69 Å². The van der Waals surface area contributed by atoms with E-state index in [0.717, 1.165) is 23.5 Å². The highest BCUT2D eigenvalue weighted by molar-refractivity contribution is 5.58. The number of benzene rings is 2. The van der Waals surface area contributed by atoms with Crippen LogP contribution in [0.1, 0.15) is 22.9 Å². The van der Waals surface area contributed by atoms with Crippen LogP contribution in [0.5, 0.6) is 0 Å². The molecule has 1 N–H and O–H groups in total. The van der Waals surface area contributed by atoms with E-state index in [2.05, 4.69) is 39.7 Å². The highest BCUT2D eigenvalue weighted by Gasteiger charge is 2.31. The predicted octanol–water partition coefficient (Wildman–Crippen LogP) is 3.47. The van der Waals surface area contributed by atoms with Crippen molar-refractivity contribution in [3.63, 3.8) is 0 Å². The summed E-state index contributed by atoms with van der Waals surface area (Å²) in [6.07, 6.45) is 0.994. The molecule has 1 aliphatic rings. The van der Waals surface area contributed by atoms with Gasteiger partial charge in [-0.3, -0.25) is 0 Å². The average Bonchev–Trinajstić information content (AvgIpc) is 2.98. The van der Waals surface area contributed by atoms with Gasteiger partial charge < -0.3 is 9.84 Å². The normalized spacial score (nSPS) is 16.1. The molecule has 0 aliphatic heterocycles. The molecule has 4 heteroatoms. The van der Waals surface area contributed by atoms with E-state index in [-0.39, 0.29) is 5.92 Å². The number of fused-ring (bicyclic) bond motifs is 1. The molecule has 0 bridgehead atoms. The minimum Gasteiger partial charge on any atom is -0.388 e. The molecular formula is C17H15N3O. The first-order valence-electron chi connectivity index (χ1n) is 7.05. The van der Waals surface area contributed by atoms with Crippen LogP contribution in [-0.4, -0.2) is 17.2 Å². The monoisotopic (exact) mass is 277 g/mol. The van der Waals surface area contributed by atoms with Gasteiger partial charge in [-0.2, -0.15) is 4.98 Å². The van der Waals surface area contributed by atoms with Gasteiger partial charge in [0.1, 0.15) is 0 Å². The first-order valence-corrected chi connectivity index (χ1v) is 7.05. The van der Waals surface area contributed by atoms with Crippen molar-refractivity contribution in [2.24, 2.45) is 0 Å². The van der Waals surface area contributed by atoms with Crippen LogP contribution < -0.4 is 5.32 Å². The molecule has 4 nitrogen and oxygen atoms in total. The number of anilines is 1. The van der Waals surface area contributed by atoms with Crippen molar-refractivity contribution in [2.75, 3.05) is 12.4 Å². The van der Waals surface area contributed by atoms with Crippen molar-refractivity contribution in [2.45, 2.75) is 12.3 Å². The summed E-state index contributed by atoms with van der Waals surface area (Å²) in [6, 6.07) is 16.4. The summed E-state index contributed by atoms with van der Waals surface area (Å²) in [5.41, 5.74) is 4.70. The summed E-state index contributed by atoms with van der Waals surface area (Å²) < 4.78 is 5.41. The lowest BCUT2D eigenvalue weighted by atomic mass is 9.77. The molecular weight excluding hydrogens is 262 g/mol. The molecule has 4 rings (SSSR count). The molecule has 21 heavy (non-hydrogen) atoms. The van der Waals surface area contributed by atoms with Gasteiger partial charge in [-0.15, -0.1) is 0 Å². The Morgan fingerprint density at radius 1 is 1.10 bits per heavy atom. The Morgan fingerprint density at radius 3 is 2.67 bits per heavy atom. The van der Waals surface area contributed by atoms with Crippen LogP contribution in [0.15, 0.2) is 53.1 Å². The second-order valence-corrected chi connectivity index (χ2v) is 5.24. The third kappa shape index (κ3) is 2.00. The van der Waals surface area contributed by atoms with Gasteiger partial charge in [-0.1, -0.05) is 29.4 Å². The van der Waals surface area contributed by atoms with Crippen molar-refractivity contribution < 1.29 is 4.52 Å². The van der Waals surface area contributed by atoms with Crippen LogP contribution in [-0.2, 0) is 6.42 Å². The molecule has 0 amide bonds. The summed E-state index contributed by atoms with van der Waals surface area (Å²) in [5, 5.41) is 7.25. The van der Waals surface area contributed by atoms with Crippen LogP contribution in [0.3, 0.4) is 0 Å². The van der Waals surface area contributed by atoms with Gasteiger partial charge in [-0.25, -0.2) is 0 Å². The summed E-state index contributed by atoms with van der Waals surface area (Å²) in [6.45, 7) is 0. The zero-order valence-corrected chi connectivity index (χ0v) is 11.7. The molecule has 0 saturated heterocycles. The lowest BCUT2D eigenvalue weighted by molar-refractivity contribution is 0.416. The van der Waals surface area contributed by atoms with E-state index in [0.29, 0.717) is 5.89 Å². The Morgan fingerprint density at radius 2 is 1.90 bits per heavy atom. The van der Waals surface area contributed by atoms with Crippen LogP contribution in [0, 0.1) is 0 Å². The van der Waals surface area contributed by atoms with E-state index in [1.54, 1.807) is 0 Å². The van der Waals surface area contributed by atoms with Gasteiger partial charge in [0.2, 0.25) is 0 Å². The highest BCUT2D eigenvalue weighted by atomic mass is 16.5. The van der Waals surface area contributed by atoms with Gasteiger partial charge in [-0.05, 0) is 41.8 Å². The molecule has 0 saturated carbocycles. The quantitative estimate of drug-likeness (QED) is 0.796. The van der Waals surface area contributed by atoms with Gasteiger partial charge in [0.25, 0.3) is 5.89 Å². The molecule has 0 spiro atoms. The topological polar surface area (TPSA) is 51.0 Å². The number of nitrogens with one attached hydrogen (secondary N) is 1. The third-order valence-electron chi connectivity index (χ3n) is 4.03. The molecule has 1 unspecified atom stereocenters. The number of aromatic nitrogens is 2. The maximum absolute atomic E-state index is 5.41. The minimum absolute atomic E-state index is 0.273. The predicted molar refractivity (Wildman–Crippen MR) is 81.3 cm³/mol. The molecule has 0 fully saturated rings. The molecule has 1 atom stereocenters. The summed E-state index contributed by atoms with van der Waals surface area (Å²) in [7, 11) is 1.90. The SMILES string of the molecule is CNc1ccc(-c2nc(C3Cc4ccccc43)no2)cc1. The van der Waals surface area contributed by atoms with Crippen LogP contribution in [0.25, 0.3) is 11.5 Å². The molecule has 1 heterocycles. The van der Waals surface area contributed by atoms with E-state index in [1.165, 1.54) is 11.1 Å². The number of hydrogen-bond donors (Lipinski definition) is 1. The number of nitrogens with zero attached hydrogens (tertiary/aromatic N) is 2. The Labute approximate surface area is 122 Å². The number of hydrogen-bond acceptors (Lipinski definition) is 4. The van der Waals surface area contributed by atoms with Crippen molar-refractivity contribution in [3.8, 4) is 11.5 Å². The maximum Gasteiger partial charge on any atom is 0.257 e. The zero-order valence-electron chi connectivity index (χ0n) is 11.7. The van der Waals surface area contributed by atoms with Gasteiger partial charge in [0.05, 0.1) is 5.92 Å². The van der Waals surface area contributed by atoms with Crippen molar-refractivity contribution in [1.29, 1.82) is 0 Å².